The lowest BCUT2D eigenvalue weighted by Crippen LogP contribution is -2.17. The molecule has 3 aromatic rings. The van der Waals surface area contributed by atoms with E-state index < -0.39 is 0 Å². The minimum atomic E-state index is -0.0152. The Morgan fingerprint density at radius 1 is 1.09 bits per heavy atom. The van der Waals surface area contributed by atoms with E-state index in [2.05, 4.69) is 53.5 Å². The van der Waals surface area contributed by atoms with E-state index in [1.807, 2.05) is 29.8 Å². The molecule has 0 radical (unpaired) electrons. The molecule has 0 atom stereocenters. The van der Waals surface area contributed by atoms with Crippen LogP contribution in [0, 0.1) is 0 Å². The first-order valence-electron chi connectivity index (χ1n) is 7.04. The molecule has 6 heteroatoms. The molecule has 0 N–H and O–H groups in total. The Hall–Kier alpha value is -1.66. The molecule has 1 aromatic carbocycles. The molecule has 4 nitrogen and oxygen atoms in total. The Kier molecular flexibility index (Phi) is 4.06. The van der Waals surface area contributed by atoms with Gasteiger partial charge < -0.3 is 4.57 Å². The zero-order chi connectivity index (χ0) is 15.7. The van der Waals surface area contributed by atoms with Gasteiger partial charge in [-0.1, -0.05) is 51.1 Å². The van der Waals surface area contributed by atoms with Gasteiger partial charge in [-0.3, -0.25) is 0 Å². The lowest BCUT2D eigenvalue weighted by Gasteiger charge is -2.16. The third-order valence-corrected chi connectivity index (χ3v) is 5.21. The van der Waals surface area contributed by atoms with Crippen LogP contribution < -0.4 is 0 Å². The Bertz CT molecular complexity index is 769. The summed E-state index contributed by atoms with van der Waals surface area (Å²) in [5.41, 5.74) is 2.13. The third-order valence-electron chi connectivity index (χ3n) is 3.24. The highest BCUT2D eigenvalue weighted by Gasteiger charge is 2.22. The molecule has 0 spiro atoms. The van der Waals surface area contributed by atoms with Gasteiger partial charge in [-0.25, -0.2) is 4.98 Å². The molecule has 0 aliphatic carbocycles. The molecule has 0 bridgehead atoms. The van der Waals surface area contributed by atoms with Gasteiger partial charge in [0, 0.05) is 23.4 Å². The van der Waals surface area contributed by atoms with Gasteiger partial charge in [0.1, 0.15) is 5.82 Å². The maximum absolute atomic E-state index is 4.69. The first kappa shape index (κ1) is 15.2. The van der Waals surface area contributed by atoms with Crippen molar-refractivity contribution in [3.63, 3.8) is 0 Å². The average molecular weight is 330 g/mol. The van der Waals surface area contributed by atoms with Gasteiger partial charge in [-0.2, -0.15) is 0 Å². The van der Waals surface area contributed by atoms with Crippen molar-refractivity contribution in [1.29, 1.82) is 0 Å². The lowest BCUT2D eigenvalue weighted by atomic mass is 9.96. The Labute approximate surface area is 138 Å². The van der Waals surface area contributed by atoms with Crippen molar-refractivity contribution < 1.29 is 0 Å². The molecule has 0 saturated carbocycles. The normalized spacial score (nSPS) is 11.8. The highest BCUT2D eigenvalue weighted by atomic mass is 32.2. The number of hydrogen-bond donors (Lipinski definition) is 0. The van der Waals surface area contributed by atoms with Crippen LogP contribution in [0.1, 0.15) is 26.6 Å². The second kappa shape index (κ2) is 5.85. The molecule has 22 heavy (non-hydrogen) atoms. The topological polar surface area (TPSA) is 43.6 Å². The van der Waals surface area contributed by atoms with E-state index >= 15 is 0 Å². The number of nitrogens with zero attached hydrogens (tertiary/aromatic N) is 4. The Morgan fingerprint density at radius 3 is 2.45 bits per heavy atom. The maximum atomic E-state index is 4.69. The molecule has 2 aromatic heterocycles. The summed E-state index contributed by atoms with van der Waals surface area (Å²) in [6.07, 6.45) is 0. The molecule has 0 aliphatic rings. The van der Waals surface area contributed by atoms with Gasteiger partial charge in [0.2, 0.25) is 0 Å². The predicted molar refractivity (Wildman–Crippen MR) is 91.4 cm³/mol. The van der Waals surface area contributed by atoms with Gasteiger partial charge >= 0.3 is 0 Å². The largest absolute Gasteiger partial charge is 0.308 e. The Balaban J connectivity index is 1.83. The monoisotopic (exact) mass is 330 g/mol. The zero-order valence-electron chi connectivity index (χ0n) is 13.1. The van der Waals surface area contributed by atoms with Crippen LogP contribution in [0.3, 0.4) is 0 Å². The summed E-state index contributed by atoms with van der Waals surface area (Å²) in [4.78, 5) is 4.69. The molecular weight excluding hydrogens is 312 g/mol. The van der Waals surface area contributed by atoms with Crippen LogP contribution >= 0.6 is 23.1 Å². The fourth-order valence-corrected chi connectivity index (χ4v) is 3.90. The highest BCUT2D eigenvalue weighted by molar-refractivity contribution is 8.00. The van der Waals surface area contributed by atoms with E-state index in [0.717, 1.165) is 26.6 Å². The van der Waals surface area contributed by atoms with Crippen LogP contribution in [-0.4, -0.2) is 19.7 Å². The van der Waals surface area contributed by atoms with Crippen LogP contribution in [0.25, 0.3) is 11.3 Å². The summed E-state index contributed by atoms with van der Waals surface area (Å²) in [5.74, 6) is 0.981. The standard InChI is InChI=1S/C16H18N4S2/c1-16(2,3)13-18-19-14(20(13)4)22-15-17-12(10-21-15)11-8-6-5-7-9-11/h5-10H,1-4H3. The molecule has 3 rings (SSSR count). The van der Waals surface area contributed by atoms with Crippen LogP contribution in [0.5, 0.6) is 0 Å². The number of rotatable bonds is 3. The molecule has 2 heterocycles. The van der Waals surface area contributed by atoms with Crippen molar-refractivity contribution in [3.05, 3.63) is 41.5 Å². The van der Waals surface area contributed by atoms with Gasteiger partial charge in [0.15, 0.2) is 9.50 Å². The summed E-state index contributed by atoms with van der Waals surface area (Å²) in [5, 5.41) is 11.6. The fourth-order valence-electron chi connectivity index (χ4n) is 2.18. The molecule has 0 fully saturated rings. The number of aromatic nitrogens is 4. The van der Waals surface area contributed by atoms with Crippen molar-refractivity contribution in [2.45, 2.75) is 35.7 Å². The van der Waals surface area contributed by atoms with E-state index in [1.165, 1.54) is 0 Å². The van der Waals surface area contributed by atoms with E-state index in [4.69, 9.17) is 0 Å². The third kappa shape index (κ3) is 3.08. The fraction of sp³-hybridized carbons (Fsp3) is 0.312. The average Bonchev–Trinajstić information content (AvgIpc) is 3.08. The molecule has 0 amide bonds. The molecule has 114 valence electrons. The van der Waals surface area contributed by atoms with Crippen molar-refractivity contribution in [3.8, 4) is 11.3 Å². The van der Waals surface area contributed by atoms with Gasteiger partial charge in [0.25, 0.3) is 0 Å². The van der Waals surface area contributed by atoms with Gasteiger partial charge in [0.05, 0.1) is 5.69 Å². The van der Waals surface area contributed by atoms with Crippen molar-refractivity contribution in [1.82, 2.24) is 19.7 Å². The quantitative estimate of drug-likeness (QED) is 0.714. The van der Waals surface area contributed by atoms with Gasteiger partial charge in [-0.15, -0.1) is 21.5 Å². The SMILES string of the molecule is Cn1c(Sc2nc(-c3ccccc3)cs2)nnc1C(C)(C)C. The van der Waals surface area contributed by atoms with Crippen LogP contribution in [0.4, 0.5) is 0 Å². The minimum absolute atomic E-state index is 0.0152. The van der Waals surface area contributed by atoms with Crippen LogP contribution in [-0.2, 0) is 12.5 Å². The first-order valence-corrected chi connectivity index (χ1v) is 8.73. The van der Waals surface area contributed by atoms with Gasteiger partial charge in [-0.05, 0) is 11.8 Å². The smallest absolute Gasteiger partial charge is 0.198 e. The minimum Gasteiger partial charge on any atom is -0.308 e. The van der Waals surface area contributed by atoms with E-state index in [9.17, 15) is 0 Å². The second-order valence-corrected chi connectivity index (χ2v) is 8.15. The molecule has 0 saturated heterocycles. The maximum Gasteiger partial charge on any atom is 0.198 e. The highest BCUT2D eigenvalue weighted by Crippen LogP contribution is 2.33. The van der Waals surface area contributed by atoms with Crippen LogP contribution in [0.2, 0.25) is 0 Å². The lowest BCUT2D eigenvalue weighted by molar-refractivity contribution is 0.513. The molecule has 0 unspecified atom stereocenters. The molecule has 0 aliphatic heterocycles. The zero-order valence-corrected chi connectivity index (χ0v) is 14.7. The van der Waals surface area contributed by atoms with Crippen molar-refractivity contribution in [2.24, 2.45) is 7.05 Å². The summed E-state index contributed by atoms with van der Waals surface area (Å²) in [6, 6.07) is 10.2. The summed E-state index contributed by atoms with van der Waals surface area (Å²) in [7, 11) is 2.01. The number of hydrogen-bond acceptors (Lipinski definition) is 5. The van der Waals surface area contributed by atoms with Crippen molar-refractivity contribution >= 4 is 23.1 Å². The Morgan fingerprint density at radius 2 is 1.82 bits per heavy atom. The second-order valence-electron chi connectivity index (χ2n) is 6.08. The number of benzene rings is 1. The first-order chi connectivity index (χ1) is 10.4. The summed E-state index contributed by atoms with van der Waals surface area (Å²) < 4.78 is 3.03. The number of thiazole rings is 1. The van der Waals surface area contributed by atoms with Crippen molar-refractivity contribution in [2.75, 3.05) is 0 Å². The molecular formula is C16H18N4S2. The van der Waals surface area contributed by atoms with E-state index in [0.29, 0.717) is 0 Å². The predicted octanol–water partition coefficient (Wildman–Crippen LogP) is 4.39. The van der Waals surface area contributed by atoms with E-state index in [-0.39, 0.29) is 5.41 Å². The summed E-state index contributed by atoms with van der Waals surface area (Å²) >= 11 is 3.20. The van der Waals surface area contributed by atoms with E-state index in [1.54, 1.807) is 23.1 Å². The summed E-state index contributed by atoms with van der Waals surface area (Å²) in [6.45, 7) is 6.42. The van der Waals surface area contributed by atoms with Crippen LogP contribution in [0.15, 0.2) is 45.2 Å².